The molecule has 1 saturated carbocycles. The van der Waals surface area contributed by atoms with E-state index in [1.165, 1.54) is 0 Å². The zero-order valence-electron chi connectivity index (χ0n) is 4.62. The molecule has 0 aromatic carbocycles. The van der Waals surface area contributed by atoms with E-state index in [4.69, 9.17) is 15.8 Å². The van der Waals surface area contributed by atoms with Gasteiger partial charge < -0.3 is 5.11 Å². The van der Waals surface area contributed by atoms with Crippen LogP contribution in [0.15, 0.2) is 0 Å². The molecule has 0 bridgehead atoms. The zero-order chi connectivity index (χ0) is 7.07. The molecule has 1 aliphatic carbocycles. The van der Waals surface area contributed by atoms with Gasteiger partial charge >= 0.3 is 0 Å². The summed E-state index contributed by atoms with van der Waals surface area (Å²) in [5.74, 6) is 0. The summed E-state index contributed by atoms with van der Waals surface area (Å²) in [6.45, 7) is 0. The van der Waals surface area contributed by atoms with Gasteiger partial charge in [0.1, 0.15) is 0 Å². The summed E-state index contributed by atoms with van der Waals surface area (Å²) in [6, 6.07) is 0. The van der Waals surface area contributed by atoms with Crippen molar-refractivity contribution in [3.05, 3.63) is 0 Å². The number of halogens is 1. The van der Waals surface area contributed by atoms with Gasteiger partial charge in [-0.1, -0.05) is 0 Å². The van der Waals surface area contributed by atoms with Gasteiger partial charge in [-0.05, 0) is 12.8 Å². The molecule has 0 amide bonds. The first-order valence-corrected chi connectivity index (χ1v) is 4.99. The first-order chi connectivity index (χ1) is 4.00. The van der Waals surface area contributed by atoms with Crippen LogP contribution in [0.3, 0.4) is 0 Å². The molecule has 0 aromatic heterocycles. The number of hydrogen-bond acceptors (Lipinski definition) is 3. The first-order valence-electron chi connectivity index (χ1n) is 2.61. The summed E-state index contributed by atoms with van der Waals surface area (Å²) in [5, 5.41) is 8.15. The average molecular weight is 171 g/mol. The molecule has 3 nitrogen and oxygen atoms in total. The highest BCUT2D eigenvalue weighted by molar-refractivity contribution is 8.14. The Bertz CT molecular complexity index is 192. The summed E-state index contributed by atoms with van der Waals surface area (Å²) in [4.78, 5) is 0. The molecule has 0 aromatic rings. The second kappa shape index (κ2) is 2.11. The highest BCUT2D eigenvalue weighted by Gasteiger charge is 2.36. The van der Waals surface area contributed by atoms with Gasteiger partial charge in [0.15, 0.2) is 0 Å². The van der Waals surface area contributed by atoms with Crippen LogP contribution >= 0.6 is 10.7 Å². The molecule has 1 N–H and O–H groups in total. The van der Waals surface area contributed by atoms with E-state index in [1.807, 2.05) is 0 Å². The highest BCUT2D eigenvalue weighted by atomic mass is 35.7. The van der Waals surface area contributed by atoms with Crippen molar-refractivity contribution in [3.63, 3.8) is 0 Å². The van der Waals surface area contributed by atoms with Gasteiger partial charge in [0, 0.05) is 10.7 Å². The van der Waals surface area contributed by atoms with Crippen LogP contribution in [-0.4, -0.2) is 24.9 Å². The minimum absolute atomic E-state index is 0.297. The number of aliphatic hydroxyl groups is 1. The SMILES string of the molecule is O=S(=O)(Cl)C1CC(O)C1. The van der Waals surface area contributed by atoms with Gasteiger partial charge in [-0.3, -0.25) is 0 Å². The molecule has 0 unspecified atom stereocenters. The number of hydrogen-bond donors (Lipinski definition) is 1. The highest BCUT2D eigenvalue weighted by Crippen LogP contribution is 2.28. The van der Waals surface area contributed by atoms with Gasteiger partial charge in [-0.2, -0.15) is 0 Å². The molecule has 0 saturated heterocycles. The fraction of sp³-hybridized carbons (Fsp3) is 1.00. The Kier molecular flexibility index (Phi) is 1.71. The average Bonchev–Trinajstić information content (AvgIpc) is 1.55. The topological polar surface area (TPSA) is 54.4 Å². The molecule has 0 radical (unpaired) electrons. The van der Waals surface area contributed by atoms with Gasteiger partial charge in [0.25, 0.3) is 0 Å². The molecule has 0 atom stereocenters. The largest absolute Gasteiger partial charge is 0.393 e. The van der Waals surface area contributed by atoms with E-state index in [-0.39, 0.29) is 0 Å². The Morgan fingerprint density at radius 1 is 1.44 bits per heavy atom. The summed E-state index contributed by atoms with van der Waals surface area (Å²) < 4.78 is 20.8. The molecular formula is C4H7ClO3S. The maximum absolute atomic E-state index is 10.4. The lowest BCUT2D eigenvalue weighted by atomic mass is 9.96. The third-order valence-corrected chi connectivity index (χ3v) is 3.41. The minimum Gasteiger partial charge on any atom is -0.393 e. The van der Waals surface area contributed by atoms with Crippen molar-refractivity contribution in [1.29, 1.82) is 0 Å². The molecular weight excluding hydrogens is 164 g/mol. The second-order valence-electron chi connectivity index (χ2n) is 2.22. The molecule has 0 aliphatic heterocycles. The number of aliphatic hydroxyl groups excluding tert-OH is 1. The zero-order valence-corrected chi connectivity index (χ0v) is 6.19. The Balaban J connectivity index is 2.51. The van der Waals surface area contributed by atoms with Crippen LogP contribution in [0.4, 0.5) is 0 Å². The standard InChI is InChI=1S/C4H7ClO3S/c5-9(7,8)4-1-3(6)2-4/h3-4,6H,1-2H2. The predicted molar refractivity (Wildman–Crippen MR) is 33.8 cm³/mol. The Morgan fingerprint density at radius 2 is 1.89 bits per heavy atom. The van der Waals surface area contributed by atoms with Crippen LogP contribution in [0.1, 0.15) is 12.8 Å². The Labute approximate surface area is 58.1 Å². The summed E-state index contributed by atoms with van der Waals surface area (Å²) >= 11 is 0. The number of rotatable bonds is 1. The fourth-order valence-corrected chi connectivity index (χ4v) is 2.11. The van der Waals surface area contributed by atoms with Crippen molar-refractivity contribution in [2.75, 3.05) is 0 Å². The van der Waals surface area contributed by atoms with Crippen LogP contribution in [-0.2, 0) is 9.05 Å². The van der Waals surface area contributed by atoms with E-state index in [0.29, 0.717) is 12.8 Å². The Morgan fingerprint density at radius 3 is 2.00 bits per heavy atom. The van der Waals surface area contributed by atoms with Gasteiger partial charge in [0.05, 0.1) is 11.4 Å². The third kappa shape index (κ3) is 1.56. The lowest BCUT2D eigenvalue weighted by Gasteiger charge is -2.27. The van der Waals surface area contributed by atoms with Crippen LogP contribution < -0.4 is 0 Å². The first kappa shape index (κ1) is 7.31. The van der Waals surface area contributed by atoms with Gasteiger partial charge in [-0.15, -0.1) is 0 Å². The van der Waals surface area contributed by atoms with E-state index >= 15 is 0 Å². The molecule has 0 heterocycles. The molecule has 54 valence electrons. The lowest BCUT2D eigenvalue weighted by Crippen LogP contribution is -2.37. The van der Waals surface area contributed by atoms with Crippen molar-refractivity contribution < 1.29 is 13.5 Å². The van der Waals surface area contributed by atoms with E-state index in [0.717, 1.165) is 0 Å². The van der Waals surface area contributed by atoms with Crippen LogP contribution in [0, 0.1) is 0 Å². The lowest BCUT2D eigenvalue weighted by molar-refractivity contribution is 0.0983. The van der Waals surface area contributed by atoms with Crippen molar-refractivity contribution in [2.45, 2.75) is 24.2 Å². The molecule has 1 fully saturated rings. The van der Waals surface area contributed by atoms with Crippen LogP contribution in [0.5, 0.6) is 0 Å². The summed E-state index contributed by atoms with van der Waals surface area (Å²) in [5.41, 5.74) is 0. The summed E-state index contributed by atoms with van der Waals surface area (Å²) in [7, 11) is 1.57. The van der Waals surface area contributed by atoms with Crippen molar-refractivity contribution in [1.82, 2.24) is 0 Å². The quantitative estimate of drug-likeness (QED) is 0.567. The smallest absolute Gasteiger partial charge is 0.235 e. The second-order valence-corrected chi connectivity index (χ2v) is 5.13. The fourth-order valence-electron chi connectivity index (χ4n) is 0.768. The van der Waals surface area contributed by atoms with E-state index < -0.39 is 20.4 Å². The molecule has 9 heavy (non-hydrogen) atoms. The minimum atomic E-state index is -3.39. The molecule has 1 aliphatic rings. The van der Waals surface area contributed by atoms with Crippen LogP contribution in [0.2, 0.25) is 0 Å². The Hall–Kier alpha value is 0.200. The van der Waals surface area contributed by atoms with E-state index in [9.17, 15) is 8.42 Å². The van der Waals surface area contributed by atoms with E-state index in [2.05, 4.69) is 0 Å². The van der Waals surface area contributed by atoms with E-state index in [1.54, 1.807) is 0 Å². The van der Waals surface area contributed by atoms with Crippen molar-refractivity contribution in [2.24, 2.45) is 0 Å². The van der Waals surface area contributed by atoms with Gasteiger partial charge in [0.2, 0.25) is 9.05 Å². The third-order valence-electron chi connectivity index (χ3n) is 1.47. The van der Waals surface area contributed by atoms with Crippen molar-refractivity contribution in [3.8, 4) is 0 Å². The predicted octanol–water partition coefficient (Wildman–Crippen LogP) is 0.0783. The van der Waals surface area contributed by atoms with Crippen molar-refractivity contribution >= 4 is 19.7 Å². The van der Waals surface area contributed by atoms with Gasteiger partial charge in [-0.25, -0.2) is 8.42 Å². The maximum atomic E-state index is 10.4. The maximum Gasteiger partial charge on any atom is 0.235 e. The molecule has 0 spiro atoms. The molecule has 1 rings (SSSR count). The normalized spacial score (nSPS) is 35.8. The summed E-state index contributed by atoms with van der Waals surface area (Å²) in [6.07, 6.45) is 0.140. The molecule has 5 heteroatoms. The van der Waals surface area contributed by atoms with Crippen LogP contribution in [0.25, 0.3) is 0 Å². The monoisotopic (exact) mass is 170 g/mol.